The lowest BCUT2D eigenvalue weighted by molar-refractivity contribution is 0.397. The van der Waals surface area contributed by atoms with Crippen molar-refractivity contribution >= 4 is 5.65 Å². The maximum absolute atomic E-state index is 11.6. The van der Waals surface area contributed by atoms with Gasteiger partial charge in [-0.2, -0.15) is 0 Å². The Morgan fingerprint density at radius 1 is 1.35 bits per heavy atom. The highest BCUT2D eigenvalue weighted by Gasteiger charge is 2.14. The molecule has 2 aromatic heterocycles. The lowest BCUT2D eigenvalue weighted by Gasteiger charge is -2.22. The molecule has 2 N–H and O–H groups in total. The molecular weight excluding hydrogens is 214 g/mol. The lowest BCUT2D eigenvalue weighted by atomic mass is 10.0. The number of nitrogens with zero attached hydrogens (tertiary/aromatic N) is 1. The third-order valence-corrected chi connectivity index (χ3v) is 3.44. The molecule has 1 aliphatic rings. The summed E-state index contributed by atoms with van der Waals surface area (Å²) in [4.78, 5) is 14.9. The zero-order valence-corrected chi connectivity index (χ0v) is 9.78. The molecule has 4 heteroatoms. The summed E-state index contributed by atoms with van der Waals surface area (Å²) < 4.78 is 1.68. The van der Waals surface area contributed by atoms with Crippen LogP contribution >= 0.6 is 0 Å². The number of hydrogen-bond donors (Lipinski definition) is 2. The van der Waals surface area contributed by atoms with Crippen LogP contribution in [-0.4, -0.2) is 22.0 Å². The van der Waals surface area contributed by atoms with Crippen LogP contribution in [0.2, 0.25) is 0 Å². The van der Waals surface area contributed by atoms with E-state index in [0.717, 1.165) is 24.3 Å². The monoisotopic (exact) mass is 231 g/mol. The van der Waals surface area contributed by atoms with E-state index >= 15 is 0 Å². The Balaban J connectivity index is 1.85. The van der Waals surface area contributed by atoms with Crippen LogP contribution in [0.25, 0.3) is 5.65 Å². The fourth-order valence-corrected chi connectivity index (χ4v) is 2.56. The summed E-state index contributed by atoms with van der Waals surface area (Å²) >= 11 is 0. The maximum Gasteiger partial charge on any atom is 0.256 e. The van der Waals surface area contributed by atoms with Crippen molar-refractivity contribution in [3.05, 3.63) is 40.4 Å². The van der Waals surface area contributed by atoms with Crippen LogP contribution in [0.3, 0.4) is 0 Å². The molecule has 0 aliphatic carbocycles. The van der Waals surface area contributed by atoms with E-state index in [1.165, 1.54) is 19.3 Å². The maximum atomic E-state index is 11.6. The quantitative estimate of drug-likeness (QED) is 0.818. The van der Waals surface area contributed by atoms with E-state index in [1.54, 1.807) is 16.5 Å². The summed E-state index contributed by atoms with van der Waals surface area (Å²) in [5.41, 5.74) is 2.04. The number of piperidine rings is 1. The fourth-order valence-electron chi connectivity index (χ4n) is 2.56. The minimum Gasteiger partial charge on any atom is -0.343 e. The molecule has 1 unspecified atom stereocenters. The number of rotatable bonds is 2. The van der Waals surface area contributed by atoms with Crippen molar-refractivity contribution < 1.29 is 0 Å². The highest BCUT2D eigenvalue weighted by Crippen LogP contribution is 2.12. The van der Waals surface area contributed by atoms with Crippen LogP contribution in [0.4, 0.5) is 0 Å². The number of pyridine rings is 1. The van der Waals surface area contributed by atoms with Crippen molar-refractivity contribution in [1.29, 1.82) is 0 Å². The Kier molecular flexibility index (Phi) is 2.73. The second kappa shape index (κ2) is 4.37. The first-order valence-electron chi connectivity index (χ1n) is 6.25. The van der Waals surface area contributed by atoms with E-state index in [9.17, 15) is 4.79 Å². The van der Waals surface area contributed by atoms with Crippen molar-refractivity contribution in [3.63, 3.8) is 0 Å². The van der Waals surface area contributed by atoms with Crippen LogP contribution in [0, 0.1) is 0 Å². The van der Waals surface area contributed by atoms with Crippen molar-refractivity contribution in [1.82, 2.24) is 14.7 Å². The zero-order chi connectivity index (χ0) is 11.7. The SMILES string of the molecule is O=c1cccc2[nH]c(CC3CCCCN3)cn12. The second-order valence-corrected chi connectivity index (χ2v) is 4.75. The minimum absolute atomic E-state index is 0.0293. The molecule has 3 rings (SSSR count). The molecule has 0 bridgehead atoms. The van der Waals surface area contributed by atoms with Gasteiger partial charge in [-0.25, -0.2) is 0 Å². The lowest BCUT2D eigenvalue weighted by Crippen LogP contribution is -2.35. The largest absolute Gasteiger partial charge is 0.343 e. The standard InChI is InChI=1S/C13H17N3O/c17-13-6-3-5-12-15-11(9-16(12)13)8-10-4-1-2-7-14-10/h3,5-6,9-10,14-15H,1-2,4,7-8H2. The normalized spacial score (nSPS) is 20.8. The first-order valence-corrected chi connectivity index (χ1v) is 6.25. The molecule has 3 heterocycles. The number of nitrogens with one attached hydrogen (secondary N) is 2. The molecule has 0 aromatic carbocycles. The van der Waals surface area contributed by atoms with E-state index in [2.05, 4.69) is 10.3 Å². The molecule has 0 radical (unpaired) electrons. The van der Waals surface area contributed by atoms with Crippen LogP contribution in [0.5, 0.6) is 0 Å². The Morgan fingerprint density at radius 3 is 3.06 bits per heavy atom. The summed E-state index contributed by atoms with van der Waals surface area (Å²) in [7, 11) is 0. The summed E-state index contributed by atoms with van der Waals surface area (Å²) in [6, 6.07) is 5.85. The van der Waals surface area contributed by atoms with Gasteiger partial charge in [0.1, 0.15) is 5.65 Å². The first-order chi connectivity index (χ1) is 8.33. The minimum atomic E-state index is 0.0293. The van der Waals surface area contributed by atoms with Crippen LogP contribution in [0.1, 0.15) is 25.0 Å². The number of fused-ring (bicyclic) bond motifs is 1. The van der Waals surface area contributed by atoms with Crippen molar-refractivity contribution in [3.8, 4) is 0 Å². The van der Waals surface area contributed by atoms with Crippen molar-refractivity contribution in [2.75, 3.05) is 6.54 Å². The van der Waals surface area contributed by atoms with Crippen LogP contribution in [0.15, 0.2) is 29.2 Å². The van der Waals surface area contributed by atoms with E-state index in [0.29, 0.717) is 6.04 Å². The van der Waals surface area contributed by atoms with Gasteiger partial charge in [0, 0.05) is 30.4 Å². The molecule has 0 amide bonds. The molecule has 1 saturated heterocycles. The molecule has 1 atom stereocenters. The summed E-state index contributed by atoms with van der Waals surface area (Å²) in [6.07, 6.45) is 6.71. The van der Waals surface area contributed by atoms with Gasteiger partial charge in [-0.1, -0.05) is 12.5 Å². The van der Waals surface area contributed by atoms with Crippen LogP contribution < -0.4 is 10.9 Å². The number of hydrogen-bond acceptors (Lipinski definition) is 2. The van der Waals surface area contributed by atoms with Gasteiger partial charge in [0.05, 0.1) is 0 Å². The smallest absolute Gasteiger partial charge is 0.256 e. The predicted octanol–water partition coefficient (Wildman–Crippen LogP) is 1.31. The third-order valence-electron chi connectivity index (χ3n) is 3.44. The van der Waals surface area contributed by atoms with E-state index < -0.39 is 0 Å². The summed E-state index contributed by atoms with van der Waals surface area (Å²) in [5.74, 6) is 0. The Morgan fingerprint density at radius 2 is 2.29 bits per heavy atom. The number of aromatic nitrogens is 2. The molecular formula is C13H17N3O. The van der Waals surface area contributed by atoms with Gasteiger partial charge in [0.15, 0.2) is 0 Å². The van der Waals surface area contributed by atoms with E-state index in [4.69, 9.17) is 0 Å². The van der Waals surface area contributed by atoms with E-state index in [1.807, 2.05) is 12.3 Å². The average molecular weight is 231 g/mol. The molecule has 90 valence electrons. The molecule has 1 aliphatic heterocycles. The number of imidazole rings is 1. The molecule has 1 fully saturated rings. The van der Waals surface area contributed by atoms with Gasteiger partial charge in [-0.05, 0) is 25.5 Å². The highest BCUT2D eigenvalue weighted by atomic mass is 16.1. The average Bonchev–Trinajstić information content (AvgIpc) is 2.74. The molecule has 0 spiro atoms. The first kappa shape index (κ1) is 10.6. The van der Waals surface area contributed by atoms with Gasteiger partial charge in [-0.15, -0.1) is 0 Å². The van der Waals surface area contributed by atoms with Crippen molar-refractivity contribution in [2.24, 2.45) is 0 Å². The zero-order valence-electron chi connectivity index (χ0n) is 9.78. The molecule has 17 heavy (non-hydrogen) atoms. The molecule has 2 aromatic rings. The fraction of sp³-hybridized carbons (Fsp3) is 0.462. The molecule has 0 saturated carbocycles. The third kappa shape index (κ3) is 2.13. The van der Waals surface area contributed by atoms with Crippen LogP contribution in [-0.2, 0) is 6.42 Å². The highest BCUT2D eigenvalue weighted by molar-refractivity contribution is 5.39. The Labute approximate surface area is 99.7 Å². The van der Waals surface area contributed by atoms with Gasteiger partial charge in [0.2, 0.25) is 0 Å². The number of aromatic amines is 1. The Bertz CT molecular complexity index is 563. The van der Waals surface area contributed by atoms with Gasteiger partial charge < -0.3 is 10.3 Å². The number of H-pyrrole nitrogens is 1. The van der Waals surface area contributed by atoms with Crippen molar-refractivity contribution in [2.45, 2.75) is 31.7 Å². The van der Waals surface area contributed by atoms with Gasteiger partial charge in [0.25, 0.3) is 5.56 Å². The van der Waals surface area contributed by atoms with Gasteiger partial charge >= 0.3 is 0 Å². The second-order valence-electron chi connectivity index (χ2n) is 4.75. The molecule has 4 nitrogen and oxygen atoms in total. The summed E-state index contributed by atoms with van der Waals surface area (Å²) in [5, 5.41) is 3.52. The van der Waals surface area contributed by atoms with E-state index in [-0.39, 0.29) is 5.56 Å². The summed E-state index contributed by atoms with van der Waals surface area (Å²) in [6.45, 7) is 1.12. The van der Waals surface area contributed by atoms with Gasteiger partial charge in [-0.3, -0.25) is 9.20 Å². The topological polar surface area (TPSA) is 49.3 Å². The Hall–Kier alpha value is -1.55. The predicted molar refractivity (Wildman–Crippen MR) is 67.4 cm³/mol.